The summed E-state index contributed by atoms with van der Waals surface area (Å²) in [4.78, 5) is 22.4. The second-order valence-electron chi connectivity index (χ2n) is 3.90. The van der Waals surface area contributed by atoms with E-state index in [0.717, 1.165) is 0 Å². The Balaban J connectivity index is 3.37. The Morgan fingerprint density at radius 1 is 1.13 bits per heavy atom. The first-order valence-electron chi connectivity index (χ1n) is 4.56. The van der Waals surface area contributed by atoms with Gasteiger partial charge in [0.05, 0.1) is 5.41 Å². The molecule has 0 atom stereocenters. The molecule has 2 amide bonds. The van der Waals surface area contributed by atoms with Gasteiger partial charge in [0, 0.05) is 5.56 Å². The highest BCUT2D eigenvalue weighted by molar-refractivity contribution is 5.97. The molecule has 0 saturated heterocycles. The lowest BCUT2D eigenvalue weighted by atomic mass is 9.81. The SMILES string of the molecule is CC(C)(C(N)=O)c1ccccc1C(N)=O. The summed E-state index contributed by atoms with van der Waals surface area (Å²) in [7, 11) is 0. The molecule has 4 N–H and O–H groups in total. The molecule has 0 unspecified atom stereocenters. The molecular formula is C11H14N2O2. The number of benzene rings is 1. The van der Waals surface area contributed by atoms with Crippen molar-refractivity contribution in [1.82, 2.24) is 0 Å². The third kappa shape index (κ3) is 1.98. The lowest BCUT2D eigenvalue weighted by molar-refractivity contribution is -0.122. The van der Waals surface area contributed by atoms with E-state index in [1.54, 1.807) is 38.1 Å². The summed E-state index contributed by atoms with van der Waals surface area (Å²) in [6.07, 6.45) is 0. The summed E-state index contributed by atoms with van der Waals surface area (Å²) < 4.78 is 0. The highest BCUT2D eigenvalue weighted by atomic mass is 16.1. The van der Waals surface area contributed by atoms with Gasteiger partial charge in [-0.1, -0.05) is 18.2 Å². The topological polar surface area (TPSA) is 86.2 Å². The van der Waals surface area contributed by atoms with Crippen molar-refractivity contribution in [3.05, 3.63) is 35.4 Å². The first-order valence-corrected chi connectivity index (χ1v) is 4.56. The van der Waals surface area contributed by atoms with E-state index >= 15 is 0 Å². The Morgan fingerprint density at radius 2 is 1.67 bits per heavy atom. The largest absolute Gasteiger partial charge is 0.369 e. The average Bonchev–Trinajstić information content (AvgIpc) is 2.17. The van der Waals surface area contributed by atoms with Gasteiger partial charge in [0.25, 0.3) is 0 Å². The van der Waals surface area contributed by atoms with Crippen LogP contribution in [0.25, 0.3) is 0 Å². The van der Waals surface area contributed by atoms with Crippen molar-refractivity contribution < 1.29 is 9.59 Å². The maximum absolute atomic E-state index is 11.3. The zero-order valence-electron chi connectivity index (χ0n) is 8.78. The van der Waals surface area contributed by atoms with Gasteiger partial charge in [-0.3, -0.25) is 9.59 Å². The van der Waals surface area contributed by atoms with Gasteiger partial charge in [-0.15, -0.1) is 0 Å². The summed E-state index contributed by atoms with van der Waals surface area (Å²) >= 11 is 0. The second-order valence-corrected chi connectivity index (χ2v) is 3.90. The van der Waals surface area contributed by atoms with Gasteiger partial charge in [-0.25, -0.2) is 0 Å². The minimum Gasteiger partial charge on any atom is -0.369 e. The minimum absolute atomic E-state index is 0.335. The van der Waals surface area contributed by atoms with Crippen molar-refractivity contribution in [2.24, 2.45) is 11.5 Å². The number of rotatable bonds is 3. The quantitative estimate of drug-likeness (QED) is 0.756. The van der Waals surface area contributed by atoms with E-state index in [1.165, 1.54) is 0 Å². The van der Waals surface area contributed by atoms with Crippen LogP contribution in [0, 0.1) is 0 Å². The predicted octanol–water partition coefficient (Wildman–Crippen LogP) is 0.548. The standard InChI is InChI=1S/C11H14N2O2/c1-11(2,10(13)15)8-6-4-3-5-7(8)9(12)14/h3-6H,1-2H3,(H2,12,14)(H2,13,15). The molecule has 4 heteroatoms. The van der Waals surface area contributed by atoms with Gasteiger partial charge in [0.15, 0.2) is 0 Å². The maximum atomic E-state index is 11.3. The maximum Gasteiger partial charge on any atom is 0.249 e. The third-order valence-electron chi connectivity index (χ3n) is 2.48. The number of amides is 2. The fourth-order valence-electron chi connectivity index (χ4n) is 1.38. The number of hydrogen-bond donors (Lipinski definition) is 2. The Bertz CT molecular complexity index is 411. The molecule has 0 heterocycles. The van der Waals surface area contributed by atoms with Crippen LogP contribution in [-0.2, 0) is 10.2 Å². The smallest absolute Gasteiger partial charge is 0.249 e. The first kappa shape index (κ1) is 11.2. The van der Waals surface area contributed by atoms with Gasteiger partial charge in [-0.05, 0) is 25.5 Å². The molecule has 4 nitrogen and oxygen atoms in total. The van der Waals surface area contributed by atoms with Crippen molar-refractivity contribution >= 4 is 11.8 Å². The molecule has 80 valence electrons. The molecule has 0 aliphatic carbocycles. The zero-order chi connectivity index (χ0) is 11.6. The number of nitrogens with two attached hydrogens (primary N) is 2. The Hall–Kier alpha value is -1.84. The average molecular weight is 206 g/mol. The fraction of sp³-hybridized carbons (Fsp3) is 0.273. The normalized spacial score (nSPS) is 11.1. The van der Waals surface area contributed by atoms with Gasteiger partial charge >= 0.3 is 0 Å². The molecule has 0 saturated carbocycles. The molecule has 0 aromatic heterocycles. The van der Waals surface area contributed by atoms with Crippen molar-refractivity contribution in [2.75, 3.05) is 0 Å². The van der Waals surface area contributed by atoms with Crippen molar-refractivity contribution in [2.45, 2.75) is 19.3 Å². The number of carbonyl (C=O) groups is 2. The van der Waals surface area contributed by atoms with Crippen LogP contribution in [0.1, 0.15) is 29.8 Å². The van der Waals surface area contributed by atoms with Gasteiger partial charge in [-0.2, -0.15) is 0 Å². The van der Waals surface area contributed by atoms with Gasteiger partial charge in [0.2, 0.25) is 11.8 Å². The fourth-order valence-corrected chi connectivity index (χ4v) is 1.38. The molecular weight excluding hydrogens is 192 g/mol. The molecule has 0 aliphatic heterocycles. The van der Waals surface area contributed by atoms with Gasteiger partial charge in [0.1, 0.15) is 0 Å². The van der Waals surface area contributed by atoms with E-state index in [1.807, 2.05) is 0 Å². The summed E-state index contributed by atoms with van der Waals surface area (Å²) in [6, 6.07) is 6.71. The lowest BCUT2D eigenvalue weighted by Crippen LogP contribution is -2.37. The third-order valence-corrected chi connectivity index (χ3v) is 2.48. The summed E-state index contributed by atoms with van der Waals surface area (Å²) in [5, 5.41) is 0. The van der Waals surface area contributed by atoms with Crippen LogP contribution in [0.2, 0.25) is 0 Å². The van der Waals surface area contributed by atoms with Crippen LogP contribution in [0.5, 0.6) is 0 Å². The lowest BCUT2D eigenvalue weighted by Gasteiger charge is -2.22. The zero-order valence-corrected chi connectivity index (χ0v) is 8.78. The molecule has 0 bridgehead atoms. The monoisotopic (exact) mass is 206 g/mol. The van der Waals surface area contributed by atoms with Crippen LogP contribution < -0.4 is 11.5 Å². The van der Waals surface area contributed by atoms with Crippen LogP contribution in [0.4, 0.5) is 0 Å². The van der Waals surface area contributed by atoms with Crippen LogP contribution in [-0.4, -0.2) is 11.8 Å². The van der Waals surface area contributed by atoms with Crippen LogP contribution in [0.3, 0.4) is 0 Å². The second kappa shape index (κ2) is 3.73. The van der Waals surface area contributed by atoms with Crippen LogP contribution >= 0.6 is 0 Å². The van der Waals surface area contributed by atoms with Crippen molar-refractivity contribution in [1.29, 1.82) is 0 Å². The molecule has 0 radical (unpaired) electrons. The van der Waals surface area contributed by atoms with Gasteiger partial charge < -0.3 is 11.5 Å². The number of hydrogen-bond acceptors (Lipinski definition) is 2. The van der Waals surface area contributed by atoms with E-state index in [2.05, 4.69) is 0 Å². The van der Waals surface area contributed by atoms with Crippen LogP contribution in [0.15, 0.2) is 24.3 Å². The van der Waals surface area contributed by atoms with E-state index in [9.17, 15) is 9.59 Å². The number of primary amides is 2. The Morgan fingerprint density at radius 3 is 2.13 bits per heavy atom. The Kier molecular flexibility index (Phi) is 2.79. The molecule has 1 aromatic rings. The van der Waals surface area contributed by atoms with Crippen molar-refractivity contribution in [3.63, 3.8) is 0 Å². The van der Waals surface area contributed by atoms with Crippen molar-refractivity contribution in [3.8, 4) is 0 Å². The summed E-state index contributed by atoms with van der Waals surface area (Å²) in [5.41, 5.74) is 10.5. The molecule has 1 rings (SSSR count). The highest BCUT2D eigenvalue weighted by Crippen LogP contribution is 2.25. The van der Waals surface area contributed by atoms with E-state index in [4.69, 9.17) is 11.5 Å². The molecule has 0 aliphatic rings. The summed E-state index contributed by atoms with van der Waals surface area (Å²) in [6.45, 7) is 3.33. The minimum atomic E-state index is -0.897. The molecule has 0 fully saturated rings. The molecule has 1 aromatic carbocycles. The van der Waals surface area contributed by atoms with E-state index in [0.29, 0.717) is 11.1 Å². The highest BCUT2D eigenvalue weighted by Gasteiger charge is 2.30. The Labute approximate surface area is 88.3 Å². The predicted molar refractivity (Wildman–Crippen MR) is 57.2 cm³/mol. The van der Waals surface area contributed by atoms with E-state index in [-0.39, 0.29) is 0 Å². The number of carbonyl (C=O) groups excluding carboxylic acids is 2. The summed E-state index contributed by atoms with van der Waals surface area (Å²) in [5.74, 6) is -1.05. The first-order chi connectivity index (χ1) is 6.87. The molecule has 0 spiro atoms. The van der Waals surface area contributed by atoms with E-state index < -0.39 is 17.2 Å². The molecule has 15 heavy (non-hydrogen) atoms.